The molecule has 1 aromatic heterocycles. The van der Waals surface area contributed by atoms with E-state index in [2.05, 4.69) is 20.8 Å². The van der Waals surface area contributed by atoms with Crippen LogP contribution in [0.1, 0.15) is 0 Å². The van der Waals surface area contributed by atoms with E-state index >= 15 is 0 Å². The fourth-order valence-corrected chi connectivity index (χ4v) is 1.46. The summed E-state index contributed by atoms with van der Waals surface area (Å²) in [6, 6.07) is 5.35. The first kappa shape index (κ1) is 11.3. The predicted octanol–water partition coefficient (Wildman–Crippen LogP) is 0.326. The summed E-state index contributed by atoms with van der Waals surface area (Å²) < 4.78 is 6.62. The van der Waals surface area contributed by atoms with Crippen molar-refractivity contribution in [3.63, 3.8) is 0 Å². The number of ether oxygens (including phenoxy) is 1. The predicted molar refractivity (Wildman–Crippen MR) is 66.1 cm³/mol. The Morgan fingerprint density at radius 3 is 2.94 bits per heavy atom. The van der Waals surface area contributed by atoms with Crippen LogP contribution in [0.15, 0.2) is 24.5 Å². The van der Waals surface area contributed by atoms with Gasteiger partial charge < -0.3 is 15.8 Å². The van der Waals surface area contributed by atoms with Crippen LogP contribution in [0, 0.1) is 0 Å². The van der Waals surface area contributed by atoms with Crippen LogP contribution in [0.3, 0.4) is 0 Å². The number of methoxy groups -OCH3 is 1. The van der Waals surface area contributed by atoms with Crippen LogP contribution in [-0.4, -0.2) is 32.4 Å². The normalized spacial score (nSPS) is 9.94. The summed E-state index contributed by atoms with van der Waals surface area (Å²) in [6.07, 6.45) is 1.48. The number of nitrogens with zero attached hydrogens (tertiary/aromatic N) is 4. The number of thiocarbonyl (C=S) groups is 1. The molecule has 7 nitrogen and oxygen atoms in total. The number of nitrogens with one attached hydrogen (secondary N) is 1. The van der Waals surface area contributed by atoms with Gasteiger partial charge in [-0.15, -0.1) is 5.10 Å². The summed E-state index contributed by atoms with van der Waals surface area (Å²) in [7, 11) is 1.58. The van der Waals surface area contributed by atoms with Gasteiger partial charge in [-0.25, -0.2) is 0 Å². The van der Waals surface area contributed by atoms with Crippen molar-refractivity contribution in [2.75, 3.05) is 12.4 Å². The zero-order chi connectivity index (χ0) is 12.3. The minimum absolute atomic E-state index is 0.160. The van der Waals surface area contributed by atoms with E-state index in [0.717, 1.165) is 5.69 Å². The molecule has 0 aliphatic rings. The number of nitrogens with two attached hydrogens (primary N) is 1. The lowest BCUT2D eigenvalue weighted by Crippen LogP contribution is -2.20. The lowest BCUT2D eigenvalue weighted by Gasteiger charge is -2.11. The number of benzene rings is 1. The van der Waals surface area contributed by atoms with Crippen LogP contribution in [0.2, 0.25) is 0 Å². The highest BCUT2D eigenvalue weighted by Crippen LogP contribution is 2.24. The van der Waals surface area contributed by atoms with E-state index in [-0.39, 0.29) is 5.11 Å². The number of hydrogen-bond donors (Lipinski definition) is 2. The van der Waals surface area contributed by atoms with E-state index in [1.807, 2.05) is 0 Å². The molecule has 0 unspecified atom stereocenters. The number of anilines is 1. The lowest BCUT2D eigenvalue weighted by atomic mass is 10.2. The van der Waals surface area contributed by atoms with Gasteiger partial charge in [0.25, 0.3) is 0 Å². The molecule has 2 aromatic rings. The summed E-state index contributed by atoms with van der Waals surface area (Å²) in [5, 5.41) is 14.0. The molecule has 0 aliphatic heterocycles. The van der Waals surface area contributed by atoms with Crippen molar-refractivity contribution in [2.24, 2.45) is 5.73 Å². The van der Waals surface area contributed by atoms with Crippen LogP contribution >= 0.6 is 12.2 Å². The number of hydrogen-bond acceptors (Lipinski definition) is 5. The average molecular weight is 250 g/mol. The van der Waals surface area contributed by atoms with Gasteiger partial charge in [0, 0.05) is 6.07 Å². The lowest BCUT2D eigenvalue weighted by molar-refractivity contribution is 0.415. The fourth-order valence-electron chi connectivity index (χ4n) is 1.35. The Balaban J connectivity index is 2.47. The van der Waals surface area contributed by atoms with E-state index in [1.54, 1.807) is 25.3 Å². The van der Waals surface area contributed by atoms with Crippen molar-refractivity contribution in [1.29, 1.82) is 0 Å². The topological polar surface area (TPSA) is 90.9 Å². The molecule has 0 spiro atoms. The third-order valence-electron chi connectivity index (χ3n) is 2.06. The summed E-state index contributed by atoms with van der Waals surface area (Å²) in [6.45, 7) is 0. The van der Waals surface area contributed by atoms with Gasteiger partial charge in [0.1, 0.15) is 12.1 Å². The molecule has 0 saturated carbocycles. The SMILES string of the molecule is COc1ccc(-n2cnnn2)c(NC(N)=S)c1. The first-order valence-corrected chi connectivity index (χ1v) is 5.09. The summed E-state index contributed by atoms with van der Waals surface area (Å²) >= 11 is 4.81. The molecule has 0 aliphatic carbocycles. The van der Waals surface area contributed by atoms with Crippen LogP contribution in [0.5, 0.6) is 5.75 Å². The second-order valence-corrected chi connectivity index (χ2v) is 3.57. The molecule has 0 saturated heterocycles. The first-order chi connectivity index (χ1) is 8.20. The Hall–Kier alpha value is -2.22. The van der Waals surface area contributed by atoms with Crippen molar-refractivity contribution in [3.8, 4) is 11.4 Å². The monoisotopic (exact) mass is 250 g/mol. The molecule has 0 amide bonds. The quantitative estimate of drug-likeness (QED) is 0.758. The highest BCUT2D eigenvalue weighted by molar-refractivity contribution is 7.80. The Kier molecular flexibility index (Phi) is 3.15. The van der Waals surface area contributed by atoms with E-state index in [4.69, 9.17) is 22.7 Å². The zero-order valence-electron chi connectivity index (χ0n) is 8.99. The molecule has 88 valence electrons. The van der Waals surface area contributed by atoms with Crippen LogP contribution in [0.25, 0.3) is 5.69 Å². The third-order valence-corrected chi connectivity index (χ3v) is 2.16. The summed E-state index contributed by atoms with van der Waals surface area (Å²) in [4.78, 5) is 0. The maximum Gasteiger partial charge on any atom is 0.168 e. The van der Waals surface area contributed by atoms with Gasteiger partial charge in [-0.05, 0) is 34.8 Å². The van der Waals surface area contributed by atoms with Gasteiger partial charge in [-0.2, -0.15) is 4.68 Å². The van der Waals surface area contributed by atoms with E-state index in [1.165, 1.54) is 11.0 Å². The molecule has 0 bridgehead atoms. The number of tetrazole rings is 1. The van der Waals surface area contributed by atoms with Crippen molar-refractivity contribution in [1.82, 2.24) is 20.2 Å². The molecule has 3 N–H and O–H groups in total. The van der Waals surface area contributed by atoms with Crippen molar-refractivity contribution >= 4 is 23.0 Å². The van der Waals surface area contributed by atoms with E-state index in [9.17, 15) is 0 Å². The van der Waals surface area contributed by atoms with Gasteiger partial charge in [-0.3, -0.25) is 0 Å². The van der Waals surface area contributed by atoms with E-state index < -0.39 is 0 Å². The fraction of sp³-hybridized carbons (Fsp3) is 0.111. The highest BCUT2D eigenvalue weighted by Gasteiger charge is 2.08. The van der Waals surface area contributed by atoms with Crippen LogP contribution in [-0.2, 0) is 0 Å². The van der Waals surface area contributed by atoms with Gasteiger partial charge in [0.05, 0.1) is 18.5 Å². The van der Waals surface area contributed by atoms with Crippen LogP contribution in [0.4, 0.5) is 5.69 Å². The highest BCUT2D eigenvalue weighted by atomic mass is 32.1. The van der Waals surface area contributed by atoms with Gasteiger partial charge in [0.15, 0.2) is 5.11 Å². The molecule has 8 heteroatoms. The Labute approximate surface area is 103 Å². The Bertz CT molecular complexity index is 526. The number of aromatic nitrogens is 4. The number of rotatable bonds is 3. The second kappa shape index (κ2) is 4.74. The molecule has 0 radical (unpaired) electrons. The summed E-state index contributed by atoms with van der Waals surface area (Å²) in [5.74, 6) is 0.681. The molecule has 0 atom stereocenters. The average Bonchev–Trinajstić information content (AvgIpc) is 2.81. The van der Waals surface area contributed by atoms with Crippen molar-refractivity contribution in [3.05, 3.63) is 24.5 Å². The first-order valence-electron chi connectivity index (χ1n) is 4.68. The molecular weight excluding hydrogens is 240 g/mol. The third kappa shape index (κ3) is 2.48. The maximum absolute atomic E-state index is 5.46. The van der Waals surface area contributed by atoms with Crippen molar-refractivity contribution in [2.45, 2.75) is 0 Å². The molecule has 1 heterocycles. The minimum atomic E-state index is 0.160. The molecule has 0 fully saturated rings. The second-order valence-electron chi connectivity index (χ2n) is 3.13. The minimum Gasteiger partial charge on any atom is -0.497 e. The summed E-state index contributed by atoms with van der Waals surface area (Å²) in [5.41, 5.74) is 6.85. The largest absolute Gasteiger partial charge is 0.497 e. The molecule has 2 rings (SSSR count). The molecule has 17 heavy (non-hydrogen) atoms. The zero-order valence-corrected chi connectivity index (χ0v) is 9.81. The molecule has 1 aromatic carbocycles. The Morgan fingerprint density at radius 1 is 1.53 bits per heavy atom. The maximum atomic E-state index is 5.46. The van der Waals surface area contributed by atoms with E-state index in [0.29, 0.717) is 11.4 Å². The standard InChI is InChI=1S/C9H10N6OS/c1-16-6-2-3-8(15-5-11-13-14-15)7(4-6)12-9(10)17/h2-5H,1H3,(H3,10,12,17). The Morgan fingerprint density at radius 2 is 2.35 bits per heavy atom. The van der Waals surface area contributed by atoms with Crippen molar-refractivity contribution < 1.29 is 4.74 Å². The van der Waals surface area contributed by atoms with Gasteiger partial charge >= 0.3 is 0 Å². The molecular formula is C9H10N6OS. The smallest absolute Gasteiger partial charge is 0.168 e. The van der Waals surface area contributed by atoms with Crippen LogP contribution < -0.4 is 15.8 Å². The van der Waals surface area contributed by atoms with Gasteiger partial charge in [-0.1, -0.05) is 0 Å². The van der Waals surface area contributed by atoms with Gasteiger partial charge in [0.2, 0.25) is 0 Å².